The van der Waals surface area contributed by atoms with Crippen molar-refractivity contribution in [2.75, 3.05) is 19.8 Å². The first kappa shape index (κ1) is 30.1. The number of carbonyl (C=O) groups excluding carboxylic acids is 1. The molecule has 1 unspecified atom stereocenters. The molecule has 0 aromatic heterocycles. The van der Waals surface area contributed by atoms with Gasteiger partial charge in [-0.25, -0.2) is 0 Å². The van der Waals surface area contributed by atoms with Crippen LogP contribution in [0.15, 0.2) is 30.3 Å². The minimum absolute atomic E-state index is 0.00674. The Morgan fingerprint density at radius 3 is 2.31 bits per heavy atom. The Bertz CT molecular complexity index is 803. The van der Waals surface area contributed by atoms with Gasteiger partial charge in [0.25, 0.3) is 0 Å². The highest BCUT2D eigenvalue weighted by Crippen LogP contribution is 2.53. The normalized spacial score (nSPS) is 24.1. The standard InChI is InChI=1S/C27H45O7P/c1-8-31-35(29,32-9-2)22(5)24(28)16-15-20(3)26-21(4)25(33-27(6,7)34-26)17-18-30-19-23-13-11-10-12-14-23/h10-14,20-22,25-26H,8-9,15-19H2,1-7H3/t20-,21-,22?,25-,26-/m1/s1. The number of hydrogen-bond donors (Lipinski definition) is 0. The quantitative estimate of drug-likeness (QED) is 0.199. The molecular weight excluding hydrogens is 467 g/mol. The summed E-state index contributed by atoms with van der Waals surface area (Å²) >= 11 is 0. The maximum atomic E-state index is 13.0. The maximum Gasteiger partial charge on any atom is 0.340 e. The van der Waals surface area contributed by atoms with Crippen LogP contribution in [0.25, 0.3) is 0 Å². The van der Waals surface area contributed by atoms with Gasteiger partial charge in [-0.15, -0.1) is 0 Å². The monoisotopic (exact) mass is 512 g/mol. The van der Waals surface area contributed by atoms with E-state index in [1.807, 2.05) is 32.0 Å². The predicted molar refractivity (Wildman–Crippen MR) is 137 cm³/mol. The van der Waals surface area contributed by atoms with Gasteiger partial charge in [0.05, 0.1) is 32.0 Å². The van der Waals surface area contributed by atoms with Gasteiger partial charge in [-0.2, -0.15) is 0 Å². The van der Waals surface area contributed by atoms with Crippen molar-refractivity contribution >= 4 is 13.4 Å². The lowest BCUT2D eigenvalue weighted by Crippen LogP contribution is -2.52. The molecule has 35 heavy (non-hydrogen) atoms. The van der Waals surface area contributed by atoms with Crippen molar-refractivity contribution in [2.45, 2.75) is 98.0 Å². The van der Waals surface area contributed by atoms with E-state index in [-0.39, 0.29) is 43.0 Å². The van der Waals surface area contributed by atoms with Crippen molar-refractivity contribution < 1.29 is 32.6 Å². The molecule has 0 radical (unpaired) electrons. The van der Waals surface area contributed by atoms with Gasteiger partial charge >= 0.3 is 7.60 Å². The van der Waals surface area contributed by atoms with Crippen LogP contribution in [0.4, 0.5) is 0 Å². The first-order chi connectivity index (χ1) is 16.5. The van der Waals surface area contributed by atoms with E-state index in [2.05, 4.69) is 26.0 Å². The smallest absolute Gasteiger partial charge is 0.340 e. The van der Waals surface area contributed by atoms with Gasteiger partial charge in [0.2, 0.25) is 0 Å². The topological polar surface area (TPSA) is 80.3 Å². The largest absolute Gasteiger partial charge is 0.377 e. The molecule has 1 fully saturated rings. The van der Waals surface area contributed by atoms with Crippen LogP contribution in [-0.2, 0) is 39.2 Å². The second-order valence-electron chi connectivity index (χ2n) is 9.86. The van der Waals surface area contributed by atoms with Gasteiger partial charge in [0, 0.05) is 18.9 Å². The molecule has 0 spiro atoms. The van der Waals surface area contributed by atoms with E-state index >= 15 is 0 Å². The summed E-state index contributed by atoms with van der Waals surface area (Å²) in [6.45, 7) is 14.9. The van der Waals surface area contributed by atoms with E-state index in [9.17, 15) is 9.36 Å². The maximum absolute atomic E-state index is 13.0. The fourth-order valence-corrected chi connectivity index (χ4v) is 6.33. The molecule has 1 aliphatic rings. The first-order valence-corrected chi connectivity index (χ1v) is 14.5. The van der Waals surface area contributed by atoms with Crippen LogP contribution in [0.5, 0.6) is 0 Å². The van der Waals surface area contributed by atoms with Crippen molar-refractivity contribution in [3.63, 3.8) is 0 Å². The first-order valence-electron chi connectivity index (χ1n) is 12.9. The number of ketones is 1. The van der Waals surface area contributed by atoms with E-state index in [1.54, 1.807) is 20.8 Å². The molecule has 1 aliphatic heterocycles. The number of hydrogen-bond acceptors (Lipinski definition) is 7. The summed E-state index contributed by atoms with van der Waals surface area (Å²) in [5.74, 6) is -0.557. The summed E-state index contributed by atoms with van der Waals surface area (Å²) in [5.41, 5.74) is 0.367. The Labute approximate surface area is 211 Å². The third kappa shape index (κ3) is 9.07. The molecule has 0 amide bonds. The summed E-state index contributed by atoms with van der Waals surface area (Å²) in [4.78, 5) is 12.9. The van der Waals surface area contributed by atoms with Crippen LogP contribution in [0.3, 0.4) is 0 Å². The Morgan fingerprint density at radius 2 is 1.71 bits per heavy atom. The number of benzene rings is 1. The zero-order valence-electron chi connectivity index (χ0n) is 22.5. The zero-order chi connectivity index (χ0) is 26.1. The van der Waals surface area contributed by atoms with Crippen LogP contribution >= 0.6 is 7.60 Å². The van der Waals surface area contributed by atoms with Crippen molar-refractivity contribution in [1.29, 1.82) is 0 Å². The highest BCUT2D eigenvalue weighted by atomic mass is 31.2. The van der Waals surface area contributed by atoms with Crippen LogP contribution in [-0.4, -0.2) is 49.3 Å². The number of ether oxygens (including phenoxy) is 3. The van der Waals surface area contributed by atoms with E-state index in [4.69, 9.17) is 23.3 Å². The van der Waals surface area contributed by atoms with Crippen molar-refractivity contribution in [1.82, 2.24) is 0 Å². The molecule has 0 bridgehead atoms. The van der Waals surface area contributed by atoms with E-state index in [0.717, 1.165) is 12.0 Å². The second kappa shape index (κ2) is 14.0. The minimum atomic E-state index is -3.45. The molecule has 5 atom stereocenters. The molecule has 2 rings (SSSR count). The van der Waals surface area contributed by atoms with E-state index in [0.29, 0.717) is 26.1 Å². The minimum Gasteiger partial charge on any atom is -0.377 e. The lowest BCUT2D eigenvalue weighted by molar-refractivity contribution is -0.328. The number of rotatable bonds is 15. The predicted octanol–water partition coefficient (Wildman–Crippen LogP) is 6.39. The molecule has 200 valence electrons. The Hall–Kier alpha value is -1.08. The van der Waals surface area contributed by atoms with Gasteiger partial charge in [-0.05, 0) is 58.9 Å². The third-order valence-electron chi connectivity index (χ3n) is 6.58. The molecule has 1 aromatic rings. The highest BCUT2D eigenvalue weighted by Gasteiger charge is 2.43. The number of carbonyl (C=O) groups is 1. The fraction of sp³-hybridized carbons (Fsp3) is 0.741. The molecule has 0 N–H and O–H groups in total. The summed E-state index contributed by atoms with van der Waals surface area (Å²) in [6.07, 6.45) is 1.63. The molecule has 8 heteroatoms. The van der Waals surface area contributed by atoms with Crippen LogP contribution in [0.2, 0.25) is 0 Å². The number of Topliss-reactive ketones (excluding diaryl/α,β-unsaturated/α-hetero) is 1. The summed E-state index contributed by atoms with van der Waals surface area (Å²) in [6, 6.07) is 10.1. The Kier molecular flexibility index (Phi) is 12.1. The van der Waals surface area contributed by atoms with Crippen LogP contribution < -0.4 is 0 Å². The molecule has 0 saturated carbocycles. The Morgan fingerprint density at radius 1 is 1.09 bits per heavy atom. The Balaban J connectivity index is 1.91. The van der Waals surface area contributed by atoms with Gasteiger partial charge < -0.3 is 23.3 Å². The van der Waals surface area contributed by atoms with Crippen molar-refractivity contribution in [3.8, 4) is 0 Å². The molecule has 7 nitrogen and oxygen atoms in total. The lowest BCUT2D eigenvalue weighted by Gasteiger charge is -2.47. The van der Waals surface area contributed by atoms with Crippen LogP contribution in [0, 0.1) is 11.8 Å². The van der Waals surface area contributed by atoms with Gasteiger partial charge in [0.15, 0.2) is 5.79 Å². The SMILES string of the molecule is CCOP(=O)(OCC)C(C)C(=O)CC[C@@H](C)[C@H]1OC(C)(C)O[C@H](CCOCc2ccccc2)[C@H]1C. The average Bonchev–Trinajstić information content (AvgIpc) is 2.82. The van der Waals surface area contributed by atoms with E-state index in [1.165, 1.54) is 0 Å². The van der Waals surface area contributed by atoms with E-state index < -0.39 is 19.0 Å². The summed E-state index contributed by atoms with van der Waals surface area (Å²) < 4.78 is 42.2. The highest BCUT2D eigenvalue weighted by molar-refractivity contribution is 7.55. The molecule has 1 aromatic carbocycles. The van der Waals surface area contributed by atoms with Gasteiger partial charge in [-0.1, -0.05) is 44.2 Å². The molecular formula is C27H45O7P. The molecule has 1 heterocycles. The fourth-order valence-electron chi connectivity index (χ4n) is 4.61. The van der Waals surface area contributed by atoms with Crippen LogP contribution in [0.1, 0.15) is 73.3 Å². The molecule has 0 aliphatic carbocycles. The summed E-state index contributed by atoms with van der Waals surface area (Å²) in [7, 11) is -3.45. The van der Waals surface area contributed by atoms with Crippen molar-refractivity contribution in [3.05, 3.63) is 35.9 Å². The van der Waals surface area contributed by atoms with Gasteiger partial charge in [-0.3, -0.25) is 9.36 Å². The zero-order valence-corrected chi connectivity index (χ0v) is 23.4. The van der Waals surface area contributed by atoms with Crippen molar-refractivity contribution in [2.24, 2.45) is 11.8 Å². The lowest BCUT2D eigenvalue weighted by atomic mass is 9.83. The molecule has 1 saturated heterocycles. The average molecular weight is 513 g/mol. The second-order valence-corrected chi connectivity index (χ2v) is 12.2. The third-order valence-corrected chi connectivity index (χ3v) is 9.06. The van der Waals surface area contributed by atoms with Gasteiger partial charge in [0.1, 0.15) is 11.4 Å². The summed E-state index contributed by atoms with van der Waals surface area (Å²) in [5, 5.41) is 0.